The molecule has 3 rings (SSSR count). The Morgan fingerprint density at radius 2 is 1.89 bits per heavy atom. The van der Waals surface area contributed by atoms with Crippen LogP contribution in [0, 0.1) is 0 Å². The Kier molecular flexibility index (Phi) is 5.25. The molecule has 0 atom stereocenters. The molecule has 0 saturated carbocycles. The molecule has 0 amide bonds. The number of rotatable bonds is 4. The van der Waals surface area contributed by atoms with Gasteiger partial charge in [-0.1, -0.05) is 6.92 Å². The van der Waals surface area contributed by atoms with Gasteiger partial charge in [-0.3, -0.25) is 4.57 Å². The molecule has 1 fully saturated rings. The number of alkyl halides is 3. The summed E-state index contributed by atoms with van der Waals surface area (Å²) in [6.07, 6.45) is -3.54. The van der Waals surface area contributed by atoms with Crippen LogP contribution in [0.25, 0.3) is 0 Å². The molecule has 0 radical (unpaired) electrons. The third-order valence-corrected chi connectivity index (χ3v) is 8.20. The van der Waals surface area contributed by atoms with Crippen molar-refractivity contribution in [2.45, 2.75) is 42.6 Å². The van der Waals surface area contributed by atoms with Gasteiger partial charge in [-0.05, 0) is 31.4 Å². The Labute approximate surface area is 158 Å². The fourth-order valence-electron chi connectivity index (χ4n) is 3.08. The largest absolute Gasteiger partial charge is 0.451 e. The van der Waals surface area contributed by atoms with E-state index in [1.807, 2.05) is 6.92 Å². The first-order chi connectivity index (χ1) is 12.6. The molecule has 150 valence electrons. The highest BCUT2D eigenvalue weighted by atomic mass is 32.2. The van der Waals surface area contributed by atoms with Gasteiger partial charge in [0.2, 0.25) is 5.82 Å². The van der Waals surface area contributed by atoms with Crippen molar-refractivity contribution >= 4 is 21.4 Å². The van der Waals surface area contributed by atoms with Crippen LogP contribution >= 0.6 is 11.3 Å². The van der Waals surface area contributed by atoms with Crippen molar-refractivity contribution in [1.29, 1.82) is 0 Å². The molecule has 2 aromatic heterocycles. The van der Waals surface area contributed by atoms with Crippen LogP contribution in [0.2, 0.25) is 0 Å². The number of nitrogens with zero attached hydrogens (tertiary/aromatic N) is 4. The highest BCUT2D eigenvalue weighted by Gasteiger charge is 2.39. The van der Waals surface area contributed by atoms with E-state index in [0.29, 0.717) is 4.57 Å². The number of aromatic nitrogens is 3. The van der Waals surface area contributed by atoms with Crippen LogP contribution < -0.4 is 5.69 Å². The first kappa shape index (κ1) is 20.1. The van der Waals surface area contributed by atoms with Gasteiger partial charge >= 0.3 is 11.9 Å². The normalized spacial score (nSPS) is 17.5. The van der Waals surface area contributed by atoms with Crippen molar-refractivity contribution in [1.82, 2.24) is 18.7 Å². The van der Waals surface area contributed by atoms with E-state index in [1.165, 1.54) is 15.6 Å². The van der Waals surface area contributed by atoms with Crippen LogP contribution in [0.3, 0.4) is 0 Å². The Morgan fingerprint density at radius 1 is 1.26 bits per heavy atom. The highest BCUT2D eigenvalue weighted by Crippen LogP contribution is 2.31. The molecule has 7 nitrogen and oxygen atoms in total. The van der Waals surface area contributed by atoms with E-state index in [-0.39, 0.29) is 30.1 Å². The molecular weight excluding hydrogens is 405 g/mol. The molecule has 1 saturated heterocycles. The lowest BCUT2D eigenvalue weighted by Gasteiger charge is -2.30. The molecule has 27 heavy (non-hydrogen) atoms. The van der Waals surface area contributed by atoms with Crippen molar-refractivity contribution < 1.29 is 21.6 Å². The zero-order valence-corrected chi connectivity index (χ0v) is 16.4. The molecule has 0 aromatic carbocycles. The molecule has 2 aromatic rings. The van der Waals surface area contributed by atoms with Crippen LogP contribution in [0.15, 0.2) is 21.1 Å². The van der Waals surface area contributed by atoms with E-state index in [2.05, 4.69) is 5.10 Å². The van der Waals surface area contributed by atoms with Gasteiger partial charge in [-0.2, -0.15) is 17.5 Å². The Bertz CT molecular complexity index is 983. The van der Waals surface area contributed by atoms with Gasteiger partial charge in [-0.25, -0.2) is 17.9 Å². The maximum Gasteiger partial charge on any atom is 0.451 e. The van der Waals surface area contributed by atoms with Crippen molar-refractivity contribution in [3.8, 4) is 0 Å². The average molecular weight is 424 g/mol. The van der Waals surface area contributed by atoms with Gasteiger partial charge in [0.05, 0.1) is 6.04 Å². The maximum absolute atomic E-state index is 12.9. The molecule has 0 N–H and O–H groups in total. The lowest BCUT2D eigenvalue weighted by Crippen LogP contribution is -2.40. The number of hydrogen-bond donors (Lipinski definition) is 0. The van der Waals surface area contributed by atoms with Crippen molar-refractivity contribution in [2.24, 2.45) is 7.05 Å². The zero-order valence-electron chi connectivity index (χ0n) is 14.7. The Morgan fingerprint density at radius 3 is 2.37 bits per heavy atom. The molecule has 1 aliphatic rings. The Hall–Kier alpha value is -1.66. The smallest absolute Gasteiger partial charge is 0.274 e. The molecule has 0 spiro atoms. The van der Waals surface area contributed by atoms with Crippen LogP contribution in [0.4, 0.5) is 13.2 Å². The fraction of sp³-hybridized carbons (Fsp3) is 0.600. The van der Waals surface area contributed by atoms with E-state index >= 15 is 0 Å². The topological polar surface area (TPSA) is 77.2 Å². The average Bonchev–Trinajstić information content (AvgIpc) is 3.21. The van der Waals surface area contributed by atoms with E-state index in [9.17, 15) is 26.4 Å². The number of halogens is 3. The van der Waals surface area contributed by atoms with Crippen LogP contribution in [0.5, 0.6) is 0 Å². The minimum absolute atomic E-state index is 0.122. The van der Waals surface area contributed by atoms with Gasteiger partial charge in [0.25, 0.3) is 10.0 Å². The van der Waals surface area contributed by atoms with Crippen LogP contribution in [-0.4, -0.2) is 40.2 Å². The third kappa shape index (κ3) is 3.69. The summed E-state index contributed by atoms with van der Waals surface area (Å²) < 4.78 is 67.1. The second-order valence-corrected chi connectivity index (χ2v) is 9.65. The second kappa shape index (κ2) is 7.06. The fourth-order valence-corrected chi connectivity index (χ4v) is 6.00. The van der Waals surface area contributed by atoms with E-state index in [0.717, 1.165) is 23.0 Å². The summed E-state index contributed by atoms with van der Waals surface area (Å²) in [5.41, 5.74) is -0.852. The maximum atomic E-state index is 12.9. The van der Waals surface area contributed by atoms with Gasteiger partial charge < -0.3 is 0 Å². The predicted octanol–water partition coefficient (Wildman–Crippen LogP) is 2.25. The van der Waals surface area contributed by atoms with E-state index in [4.69, 9.17) is 0 Å². The van der Waals surface area contributed by atoms with Gasteiger partial charge in [0.1, 0.15) is 4.21 Å². The Balaban J connectivity index is 1.77. The highest BCUT2D eigenvalue weighted by molar-refractivity contribution is 7.91. The minimum atomic E-state index is -4.72. The van der Waals surface area contributed by atoms with Gasteiger partial charge in [0, 0.05) is 25.0 Å². The lowest BCUT2D eigenvalue weighted by molar-refractivity contribution is -0.147. The number of aryl methyl sites for hydroxylation is 1. The number of hydrogen-bond acceptors (Lipinski definition) is 5. The second-order valence-electron chi connectivity index (χ2n) is 6.32. The summed E-state index contributed by atoms with van der Waals surface area (Å²) in [5, 5.41) is 3.44. The summed E-state index contributed by atoms with van der Waals surface area (Å²) in [6.45, 7) is 2.18. The summed E-state index contributed by atoms with van der Waals surface area (Å²) >= 11 is 1.22. The van der Waals surface area contributed by atoms with Crippen molar-refractivity contribution in [3.05, 3.63) is 33.3 Å². The van der Waals surface area contributed by atoms with Crippen molar-refractivity contribution in [2.75, 3.05) is 13.1 Å². The SMILES string of the molecule is CCc1ccc(S(=O)(=O)N2CCC(n3nc(C(F)(F)F)n(C)c3=O)CC2)s1. The monoisotopic (exact) mass is 424 g/mol. The van der Waals surface area contributed by atoms with E-state index < -0.39 is 33.8 Å². The minimum Gasteiger partial charge on any atom is -0.274 e. The van der Waals surface area contributed by atoms with Crippen LogP contribution in [0.1, 0.15) is 36.5 Å². The van der Waals surface area contributed by atoms with Gasteiger partial charge in [-0.15, -0.1) is 16.4 Å². The number of piperidine rings is 1. The molecule has 1 aliphatic heterocycles. The van der Waals surface area contributed by atoms with Crippen LogP contribution in [-0.2, 0) is 29.7 Å². The molecule has 3 heterocycles. The molecule has 0 aliphatic carbocycles. The third-order valence-electron chi connectivity index (χ3n) is 4.61. The quantitative estimate of drug-likeness (QED) is 0.754. The first-order valence-electron chi connectivity index (χ1n) is 8.37. The number of sulfonamides is 1. The summed E-state index contributed by atoms with van der Waals surface area (Å²) in [7, 11) is -2.61. The number of thiophene rings is 1. The molecule has 0 bridgehead atoms. The van der Waals surface area contributed by atoms with Crippen molar-refractivity contribution in [3.63, 3.8) is 0 Å². The summed E-state index contributed by atoms with van der Waals surface area (Å²) in [4.78, 5) is 13.1. The summed E-state index contributed by atoms with van der Waals surface area (Å²) in [6, 6.07) is 2.78. The molecule has 0 unspecified atom stereocenters. The zero-order chi connectivity index (χ0) is 20.0. The molecule has 12 heteroatoms. The van der Waals surface area contributed by atoms with Gasteiger partial charge in [0.15, 0.2) is 0 Å². The van der Waals surface area contributed by atoms with E-state index in [1.54, 1.807) is 12.1 Å². The lowest BCUT2D eigenvalue weighted by atomic mass is 10.1. The first-order valence-corrected chi connectivity index (χ1v) is 10.6. The standard InChI is InChI=1S/C15H19F3N4O3S2/c1-3-11-4-5-12(26-11)27(24,25)21-8-6-10(7-9-21)22-14(23)20(2)13(19-22)15(16,17)18/h4-5,10H,3,6-9H2,1-2H3. The summed E-state index contributed by atoms with van der Waals surface area (Å²) in [5.74, 6) is -1.26. The predicted molar refractivity (Wildman–Crippen MR) is 93.2 cm³/mol. The molecular formula is C15H19F3N4O3S2.